The zero-order valence-electron chi connectivity index (χ0n) is 10.6. The van der Waals surface area contributed by atoms with Crippen LogP contribution in [0.25, 0.3) is 0 Å². The second-order valence-corrected chi connectivity index (χ2v) is 5.93. The molecule has 3 unspecified atom stereocenters. The van der Waals surface area contributed by atoms with E-state index in [-0.39, 0.29) is 0 Å². The molecule has 0 aromatic carbocycles. The molecule has 0 aromatic rings. The van der Waals surface area contributed by atoms with Gasteiger partial charge in [0.15, 0.2) is 0 Å². The van der Waals surface area contributed by atoms with Crippen LogP contribution in [0.5, 0.6) is 0 Å². The average molecular weight is 293 g/mol. The molecule has 1 rings (SSSR count). The number of halogens is 1. The first-order valence-electron chi connectivity index (χ1n) is 6.48. The Labute approximate surface area is 108 Å². The van der Waals surface area contributed by atoms with Crippen molar-refractivity contribution >= 4 is 15.9 Å². The van der Waals surface area contributed by atoms with Gasteiger partial charge >= 0.3 is 0 Å². The highest BCUT2D eigenvalue weighted by atomic mass is 79.9. The van der Waals surface area contributed by atoms with Crippen LogP contribution in [0.2, 0.25) is 0 Å². The standard InChI is InChI=1S/C13H25BrO2/c1-3-11-4-5-13(14)12(10-11)6-7-16-9-8-15-2/h11-13H,3-10H2,1-2H3. The summed E-state index contributed by atoms with van der Waals surface area (Å²) in [5.41, 5.74) is 0. The van der Waals surface area contributed by atoms with E-state index in [1.165, 1.54) is 32.1 Å². The fourth-order valence-corrected chi connectivity index (χ4v) is 3.22. The Hall–Kier alpha value is 0.400. The third-order valence-corrected chi connectivity index (χ3v) is 4.85. The minimum absolute atomic E-state index is 0.708. The minimum Gasteiger partial charge on any atom is -0.382 e. The zero-order valence-corrected chi connectivity index (χ0v) is 12.2. The molecule has 0 saturated heterocycles. The molecule has 0 aliphatic heterocycles. The average Bonchev–Trinajstić information content (AvgIpc) is 2.31. The lowest BCUT2D eigenvalue weighted by atomic mass is 9.79. The first kappa shape index (κ1) is 14.5. The van der Waals surface area contributed by atoms with E-state index < -0.39 is 0 Å². The summed E-state index contributed by atoms with van der Waals surface area (Å²) in [6, 6.07) is 0. The lowest BCUT2D eigenvalue weighted by molar-refractivity contribution is 0.0598. The highest BCUT2D eigenvalue weighted by Crippen LogP contribution is 2.36. The maximum Gasteiger partial charge on any atom is 0.0700 e. The van der Waals surface area contributed by atoms with Crippen LogP contribution in [-0.2, 0) is 9.47 Å². The summed E-state index contributed by atoms with van der Waals surface area (Å²) in [5.74, 6) is 1.75. The van der Waals surface area contributed by atoms with Crippen LogP contribution in [0.1, 0.15) is 39.0 Å². The van der Waals surface area contributed by atoms with E-state index in [4.69, 9.17) is 9.47 Å². The molecule has 0 amide bonds. The van der Waals surface area contributed by atoms with Gasteiger partial charge in [0.1, 0.15) is 0 Å². The smallest absolute Gasteiger partial charge is 0.0700 e. The van der Waals surface area contributed by atoms with Gasteiger partial charge in [-0.1, -0.05) is 29.3 Å². The van der Waals surface area contributed by atoms with Crippen LogP contribution < -0.4 is 0 Å². The summed E-state index contributed by atoms with van der Waals surface area (Å²) in [7, 11) is 1.71. The van der Waals surface area contributed by atoms with Crippen LogP contribution in [0.3, 0.4) is 0 Å². The van der Waals surface area contributed by atoms with Crippen molar-refractivity contribution in [1.29, 1.82) is 0 Å². The number of methoxy groups -OCH3 is 1. The quantitative estimate of drug-likeness (QED) is 0.527. The van der Waals surface area contributed by atoms with Crippen molar-refractivity contribution in [2.75, 3.05) is 26.9 Å². The number of rotatable bonds is 7. The monoisotopic (exact) mass is 292 g/mol. The first-order chi connectivity index (χ1) is 7.77. The van der Waals surface area contributed by atoms with Crippen LogP contribution >= 0.6 is 15.9 Å². The largest absolute Gasteiger partial charge is 0.382 e. The topological polar surface area (TPSA) is 18.5 Å². The van der Waals surface area contributed by atoms with Gasteiger partial charge in [-0.2, -0.15) is 0 Å². The summed E-state index contributed by atoms with van der Waals surface area (Å²) in [5, 5.41) is 0. The molecule has 3 heteroatoms. The van der Waals surface area contributed by atoms with E-state index in [1.807, 2.05) is 0 Å². The van der Waals surface area contributed by atoms with Crippen molar-refractivity contribution in [3.8, 4) is 0 Å². The fourth-order valence-electron chi connectivity index (χ4n) is 2.47. The molecule has 2 nitrogen and oxygen atoms in total. The number of ether oxygens (including phenoxy) is 2. The highest BCUT2D eigenvalue weighted by Gasteiger charge is 2.27. The van der Waals surface area contributed by atoms with Gasteiger partial charge in [0.2, 0.25) is 0 Å². The molecule has 1 saturated carbocycles. The summed E-state index contributed by atoms with van der Waals surface area (Å²) in [6.45, 7) is 4.63. The second kappa shape index (κ2) is 8.48. The van der Waals surface area contributed by atoms with Gasteiger partial charge in [0, 0.05) is 18.5 Å². The second-order valence-electron chi connectivity index (χ2n) is 4.76. The molecule has 0 aromatic heterocycles. The molecule has 0 spiro atoms. The molecule has 0 radical (unpaired) electrons. The molecular weight excluding hydrogens is 268 g/mol. The van der Waals surface area contributed by atoms with Crippen LogP contribution in [-0.4, -0.2) is 31.8 Å². The molecule has 1 aliphatic carbocycles. The van der Waals surface area contributed by atoms with Gasteiger partial charge in [0.05, 0.1) is 13.2 Å². The highest BCUT2D eigenvalue weighted by molar-refractivity contribution is 9.09. The third-order valence-electron chi connectivity index (χ3n) is 3.64. The molecular formula is C13H25BrO2. The maximum absolute atomic E-state index is 5.55. The van der Waals surface area contributed by atoms with Crippen molar-refractivity contribution in [3.63, 3.8) is 0 Å². The summed E-state index contributed by atoms with van der Waals surface area (Å²) in [4.78, 5) is 0.710. The lowest BCUT2D eigenvalue weighted by Gasteiger charge is -2.32. The number of hydrogen-bond acceptors (Lipinski definition) is 2. The first-order valence-corrected chi connectivity index (χ1v) is 7.40. The van der Waals surface area contributed by atoms with E-state index >= 15 is 0 Å². The lowest BCUT2D eigenvalue weighted by Crippen LogP contribution is -2.26. The Morgan fingerprint density at radius 1 is 1.19 bits per heavy atom. The van der Waals surface area contributed by atoms with Crippen molar-refractivity contribution < 1.29 is 9.47 Å². The van der Waals surface area contributed by atoms with Crippen molar-refractivity contribution in [1.82, 2.24) is 0 Å². The Morgan fingerprint density at radius 2 is 2.00 bits per heavy atom. The van der Waals surface area contributed by atoms with Gasteiger partial charge in [-0.15, -0.1) is 0 Å². The summed E-state index contributed by atoms with van der Waals surface area (Å²) in [6.07, 6.45) is 6.63. The van der Waals surface area contributed by atoms with Gasteiger partial charge < -0.3 is 9.47 Å². The van der Waals surface area contributed by atoms with Crippen LogP contribution in [0, 0.1) is 11.8 Å². The third kappa shape index (κ3) is 5.15. The summed E-state index contributed by atoms with van der Waals surface area (Å²) < 4.78 is 10.5. The normalized spacial score (nSPS) is 30.6. The van der Waals surface area contributed by atoms with Gasteiger partial charge in [-0.05, 0) is 37.5 Å². The fraction of sp³-hybridized carbons (Fsp3) is 1.00. The molecule has 1 aliphatic rings. The van der Waals surface area contributed by atoms with E-state index in [0.717, 1.165) is 25.0 Å². The maximum atomic E-state index is 5.55. The van der Waals surface area contributed by atoms with Crippen molar-refractivity contribution in [2.45, 2.75) is 43.9 Å². The van der Waals surface area contributed by atoms with E-state index in [2.05, 4.69) is 22.9 Å². The van der Waals surface area contributed by atoms with Crippen molar-refractivity contribution in [3.05, 3.63) is 0 Å². The van der Waals surface area contributed by atoms with E-state index in [0.29, 0.717) is 11.4 Å². The Morgan fingerprint density at radius 3 is 2.69 bits per heavy atom. The Balaban J connectivity index is 2.13. The molecule has 16 heavy (non-hydrogen) atoms. The minimum atomic E-state index is 0.708. The SMILES string of the molecule is CCC1CCC(Br)C(CCOCCOC)C1. The molecule has 0 heterocycles. The summed E-state index contributed by atoms with van der Waals surface area (Å²) >= 11 is 3.81. The molecule has 3 atom stereocenters. The number of alkyl halides is 1. The molecule has 96 valence electrons. The molecule has 0 N–H and O–H groups in total. The molecule has 1 fully saturated rings. The molecule has 0 bridgehead atoms. The van der Waals surface area contributed by atoms with Crippen molar-refractivity contribution in [2.24, 2.45) is 11.8 Å². The Kier molecular flexibility index (Phi) is 7.67. The van der Waals surface area contributed by atoms with E-state index in [9.17, 15) is 0 Å². The predicted octanol–water partition coefficient (Wildman–Crippen LogP) is 3.63. The predicted molar refractivity (Wildman–Crippen MR) is 71.1 cm³/mol. The van der Waals surface area contributed by atoms with Gasteiger partial charge in [0.25, 0.3) is 0 Å². The van der Waals surface area contributed by atoms with E-state index in [1.54, 1.807) is 7.11 Å². The van der Waals surface area contributed by atoms with Gasteiger partial charge in [-0.3, -0.25) is 0 Å². The van der Waals surface area contributed by atoms with Crippen LogP contribution in [0.15, 0.2) is 0 Å². The Bertz CT molecular complexity index is 175. The van der Waals surface area contributed by atoms with Gasteiger partial charge in [-0.25, -0.2) is 0 Å². The zero-order chi connectivity index (χ0) is 11.8. The number of hydrogen-bond donors (Lipinski definition) is 0. The van der Waals surface area contributed by atoms with Crippen LogP contribution in [0.4, 0.5) is 0 Å².